The maximum atomic E-state index is 15.3. The number of ketones is 3. The van der Waals surface area contributed by atoms with E-state index in [1.54, 1.807) is 42.5 Å². The molecule has 6 amide bonds. The summed E-state index contributed by atoms with van der Waals surface area (Å²) in [5.41, 5.74) is 14.7. The molecule has 3 aromatic rings. The number of fused-ring (bicyclic) bond motifs is 6. The fourth-order valence-electron chi connectivity index (χ4n) is 12.5. The van der Waals surface area contributed by atoms with Crippen molar-refractivity contribution < 1.29 is 68.4 Å². The topological polar surface area (TPSA) is 448 Å². The van der Waals surface area contributed by atoms with Crippen molar-refractivity contribution in [1.29, 1.82) is 0 Å². The Labute approximate surface area is 592 Å². The molecule has 0 aromatic heterocycles. The predicted octanol–water partition coefficient (Wildman–Crippen LogP) is -1.07. The summed E-state index contributed by atoms with van der Waals surface area (Å²) < 4.78 is 0. The van der Waals surface area contributed by atoms with E-state index in [0.29, 0.717) is 95.8 Å². The van der Waals surface area contributed by atoms with Crippen molar-refractivity contribution in [3.05, 3.63) is 107 Å². The number of Topliss-reactive ketones (excluding diaryl/α,β-unsaturated/α-hetero) is 3. The molecule has 3 saturated heterocycles. The van der Waals surface area contributed by atoms with Gasteiger partial charge in [-0.05, 0) is 112 Å². The van der Waals surface area contributed by atoms with Gasteiger partial charge in [-0.3, -0.25) is 58.6 Å². The summed E-state index contributed by atoms with van der Waals surface area (Å²) in [6, 6.07) is 15.2. The molecule has 28 nitrogen and oxygen atoms in total. The number of rotatable bonds is 25. The number of unbranched alkanes of at least 4 members (excludes halogenated alkanes) is 1. The molecule has 2 bridgehead atoms. The molecule has 3 aliphatic heterocycles. The molecule has 0 radical (unpaired) electrons. The second-order valence-electron chi connectivity index (χ2n) is 26.5. The number of carboxylic acid groups (broad SMARTS) is 1. The number of benzene rings is 3. The van der Waals surface area contributed by atoms with E-state index in [-0.39, 0.29) is 74.7 Å². The van der Waals surface area contributed by atoms with Gasteiger partial charge in [0.15, 0.2) is 17.3 Å². The first-order chi connectivity index (χ1) is 47.9. The zero-order chi connectivity index (χ0) is 72.2. The van der Waals surface area contributed by atoms with Crippen LogP contribution in [0, 0.1) is 17.8 Å². The van der Waals surface area contributed by atoms with E-state index in [1.165, 1.54) is 26.0 Å². The van der Waals surface area contributed by atoms with Crippen LogP contribution in [0.25, 0.3) is 5.57 Å². The maximum Gasteiger partial charge on any atom is 0.309 e. The smallest absolute Gasteiger partial charge is 0.309 e. The standard InChI is InChI=1S/C70H102N14O14S2/c1-43(85)53(68(97)98)36-60(90)57-38-100-99-37-50(35-59(89)55(31-45-11-4-3-5-12-45)79-61(91)16-10-17-62(92)84-70-41-75-27-25-73-39-69(72,77-29-30-78-70)40-74-26-28-76-42-70)65(94)81-56(32-46-18-22-51(87)23-19-46)58(88)34-49(33-48-21-20-47-13-6-7-14-52(47)48)64(93)80-54(15-8-9-24-71)66(95)83-63(44(2)86)67(96)82-57/h3-7,11-14,18-19,21-23,43-44,49-50,53-57,63,73-78,85-87H,8-10,15-17,20,24-42,71-72H2,1-2H3,(H,79,91)(H,80,93)(H,81,94)(H,82,96)(H,83,95)(H,84,92)(H,97,98)/t43?,44?,49-,50-,53-,54-,55+,56-,57?,63-,69?,70?/m0/s1. The predicted molar refractivity (Wildman–Crippen MR) is 382 cm³/mol. The SMILES string of the molecule is CC(O)[C@H](CC(=O)C1CSSC[C@H](CC(=O)[C@@H](Cc2ccccc2)NC(=O)CCCC(=O)NC23CNCCNCC(N)(CNCCNC2)NCCN3)C(=O)N[C@@H](Cc2ccc(O)cc2)C(=O)C[C@H](CC2=CCc3ccccc32)C(=O)N[C@@H](CCCCN)C(=O)N[C@@H](C(C)O)C(=O)N1)C(=O)O. The number of hydrogen-bond donors (Lipinski definition) is 18. The van der Waals surface area contributed by atoms with E-state index < -0.39 is 144 Å². The molecule has 7 rings (SSSR count). The summed E-state index contributed by atoms with van der Waals surface area (Å²) in [6.45, 7) is 7.88. The van der Waals surface area contributed by atoms with Crippen molar-refractivity contribution in [3.63, 3.8) is 0 Å². The van der Waals surface area contributed by atoms with E-state index in [4.69, 9.17) is 11.5 Å². The summed E-state index contributed by atoms with van der Waals surface area (Å²) in [5, 5.41) is 79.5. The fraction of sp³-hybridized carbons (Fsp3) is 0.571. The van der Waals surface area contributed by atoms with Crippen LogP contribution in [0.5, 0.6) is 5.75 Å². The number of aliphatic hydroxyl groups excluding tert-OH is 2. The first-order valence-corrected chi connectivity index (χ1v) is 37.1. The number of carboxylic acids is 1. The molecule has 548 valence electrons. The summed E-state index contributed by atoms with van der Waals surface area (Å²) in [7, 11) is 1.96. The number of aliphatic hydroxyl groups is 2. The number of aromatic hydroxyl groups is 1. The zero-order valence-corrected chi connectivity index (χ0v) is 58.7. The first-order valence-electron chi connectivity index (χ1n) is 34.6. The largest absolute Gasteiger partial charge is 0.508 e. The summed E-state index contributed by atoms with van der Waals surface area (Å²) in [6.07, 6.45) is -1.93. The van der Waals surface area contributed by atoms with Crippen LogP contribution in [-0.4, -0.2) is 216 Å². The van der Waals surface area contributed by atoms with Gasteiger partial charge in [-0.1, -0.05) is 94.4 Å². The number of phenols is 1. The Hall–Kier alpha value is -7.20. The summed E-state index contributed by atoms with van der Waals surface area (Å²) in [4.78, 5) is 144. The quantitative estimate of drug-likeness (QED) is 0.0355. The van der Waals surface area contributed by atoms with E-state index in [9.17, 15) is 49.2 Å². The molecule has 30 heteroatoms. The van der Waals surface area contributed by atoms with Gasteiger partial charge in [0.05, 0.1) is 47.8 Å². The highest BCUT2D eigenvalue weighted by Crippen LogP contribution is 2.34. The van der Waals surface area contributed by atoms with Crippen LogP contribution < -0.4 is 75.3 Å². The van der Waals surface area contributed by atoms with Crippen molar-refractivity contribution >= 4 is 85.9 Å². The van der Waals surface area contributed by atoms with Gasteiger partial charge in [0, 0.05) is 115 Å². The molecule has 3 fully saturated rings. The van der Waals surface area contributed by atoms with E-state index in [0.717, 1.165) is 38.3 Å². The van der Waals surface area contributed by atoms with Gasteiger partial charge in [-0.2, -0.15) is 0 Å². The Bertz CT molecular complexity index is 3260. The number of carbonyl (C=O) groups excluding carboxylic acids is 9. The average Bonchev–Trinajstić information content (AvgIpc) is 1.63. The highest BCUT2D eigenvalue weighted by molar-refractivity contribution is 8.76. The van der Waals surface area contributed by atoms with Crippen LogP contribution in [0.1, 0.15) is 100 Å². The van der Waals surface area contributed by atoms with Gasteiger partial charge in [0.25, 0.3) is 0 Å². The molecule has 3 aromatic carbocycles. The lowest BCUT2D eigenvalue weighted by Crippen LogP contribution is -2.72. The molecule has 3 heterocycles. The number of carbonyl (C=O) groups is 10. The molecule has 4 aliphatic rings. The van der Waals surface area contributed by atoms with Gasteiger partial charge in [0.1, 0.15) is 23.5 Å². The number of phenolic OH excluding ortho intramolecular Hbond substituents is 1. The van der Waals surface area contributed by atoms with Crippen molar-refractivity contribution in [2.75, 3.05) is 83.5 Å². The summed E-state index contributed by atoms with van der Waals surface area (Å²) >= 11 is 0. The van der Waals surface area contributed by atoms with Crippen molar-refractivity contribution in [1.82, 2.24) is 63.8 Å². The van der Waals surface area contributed by atoms with Crippen LogP contribution in [-0.2, 0) is 67.2 Å². The molecular formula is C70H102N14O14S2. The fourth-order valence-corrected chi connectivity index (χ4v) is 15.0. The Morgan fingerprint density at radius 2 is 1.29 bits per heavy atom. The van der Waals surface area contributed by atoms with Crippen LogP contribution in [0.3, 0.4) is 0 Å². The molecule has 0 saturated carbocycles. The molecule has 0 spiro atoms. The lowest BCUT2D eigenvalue weighted by molar-refractivity contribution is -0.148. The molecule has 20 N–H and O–H groups in total. The van der Waals surface area contributed by atoms with E-state index in [2.05, 4.69) is 63.8 Å². The second-order valence-corrected chi connectivity index (χ2v) is 29.1. The zero-order valence-electron chi connectivity index (χ0n) is 57.1. The molecule has 3 unspecified atom stereocenters. The Morgan fingerprint density at radius 3 is 1.96 bits per heavy atom. The van der Waals surface area contributed by atoms with Gasteiger partial charge < -0.3 is 85.1 Å². The minimum atomic E-state index is -1.75. The third-order valence-corrected chi connectivity index (χ3v) is 20.8. The van der Waals surface area contributed by atoms with E-state index in [1.807, 2.05) is 30.3 Å². The number of allylic oxidation sites excluding steroid dienone is 2. The second kappa shape index (κ2) is 40.4. The van der Waals surface area contributed by atoms with Gasteiger partial charge in [-0.25, -0.2) is 0 Å². The van der Waals surface area contributed by atoms with Crippen LogP contribution in [0.2, 0.25) is 0 Å². The Balaban J connectivity index is 1.19. The minimum Gasteiger partial charge on any atom is -0.508 e. The maximum absolute atomic E-state index is 15.3. The highest BCUT2D eigenvalue weighted by Gasteiger charge is 2.39. The van der Waals surface area contributed by atoms with Gasteiger partial charge >= 0.3 is 5.97 Å². The minimum absolute atomic E-state index is 0.00281. The third kappa shape index (κ3) is 25.7. The number of aliphatic carboxylic acids is 1. The van der Waals surface area contributed by atoms with Gasteiger partial charge in [-0.15, -0.1) is 0 Å². The monoisotopic (exact) mass is 1430 g/mol. The lowest BCUT2D eigenvalue weighted by Gasteiger charge is -2.39. The number of hydrogen-bond acceptors (Lipinski definition) is 23. The Morgan fingerprint density at radius 1 is 0.660 bits per heavy atom. The van der Waals surface area contributed by atoms with Crippen molar-refractivity contribution in [3.8, 4) is 5.75 Å². The number of amides is 6. The highest BCUT2D eigenvalue weighted by atomic mass is 33.1. The Kier molecular flexibility index (Phi) is 32.4. The number of nitrogens with one attached hydrogen (secondary N) is 12. The van der Waals surface area contributed by atoms with Crippen LogP contribution >= 0.6 is 21.6 Å². The van der Waals surface area contributed by atoms with Crippen molar-refractivity contribution in [2.24, 2.45) is 29.2 Å². The lowest BCUT2D eigenvalue weighted by atomic mass is 9.87. The molecule has 1 aliphatic carbocycles. The third-order valence-electron chi connectivity index (χ3n) is 18.3. The number of nitrogens with two attached hydrogens (primary N) is 2. The van der Waals surface area contributed by atoms with Gasteiger partial charge in [0.2, 0.25) is 35.4 Å². The molecule has 10 atom stereocenters. The van der Waals surface area contributed by atoms with Crippen molar-refractivity contribution in [2.45, 2.75) is 151 Å². The summed E-state index contributed by atoms with van der Waals surface area (Å²) in [5.74, 6) is -12.5. The molecule has 100 heavy (non-hydrogen) atoms. The first kappa shape index (κ1) is 80.1. The average molecular weight is 1430 g/mol. The normalized spacial score (nSPS) is 25.6. The van der Waals surface area contributed by atoms with Crippen LogP contribution in [0.15, 0.2) is 84.9 Å². The van der Waals surface area contributed by atoms with Crippen LogP contribution in [0.4, 0.5) is 0 Å². The molecular weight excluding hydrogens is 1320 g/mol. The van der Waals surface area contributed by atoms with E-state index >= 15 is 19.2 Å².